The minimum absolute atomic E-state index is 0.942. The largest absolute Gasteiger partial charge is 0.252 e. The van der Waals surface area contributed by atoms with Crippen LogP contribution in [0.5, 0.6) is 0 Å². The highest BCUT2D eigenvalue weighted by Crippen LogP contribution is 2.18. The van der Waals surface area contributed by atoms with E-state index in [-0.39, 0.29) is 0 Å². The van der Waals surface area contributed by atoms with Gasteiger partial charge < -0.3 is 0 Å². The highest BCUT2D eigenvalue weighted by Gasteiger charge is 2.02. The molecule has 0 aliphatic heterocycles. The molecule has 2 heterocycles. The maximum Gasteiger partial charge on any atom is 0.113 e. The first-order valence-electron chi connectivity index (χ1n) is 4.33. The number of aromatic nitrogens is 3. The van der Waals surface area contributed by atoms with Crippen LogP contribution in [0.4, 0.5) is 0 Å². The van der Waals surface area contributed by atoms with Gasteiger partial charge in [0.15, 0.2) is 0 Å². The quantitative estimate of drug-likeness (QED) is 0.749. The minimum Gasteiger partial charge on any atom is -0.252 e. The Morgan fingerprint density at radius 1 is 1.54 bits per heavy atom. The van der Waals surface area contributed by atoms with Crippen molar-refractivity contribution in [2.24, 2.45) is 0 Å². The lowest BCUT2D eigenvalue weighted by molar-refractivity contribution is 0.579. The molecule has 13 heavy (non-hydrogen) atoms. The summed E-state index contributed by atoms with van der Waals surface area (Å²) in [7, 11) is 0. The zero-order valence-electron chi connectivity index (χ0n) is 7.47. The Morgan fingerprint density at radius 3 is 3.15 bits per heavy atom. The van der Waals surface area contributed by atoms with Crippen LogP contribution in [0.15, 0.2) is 23.0 Å². The molecular weight excluding hydrogens is 182 g/mol. The van der Waals surface area contributed by atoms with Gasteiger partial charge in [-0.05, 0) is 17.9 Å². The minimum atomic E-state index is 0.942. The van der Waals surface area contributed by atoms with Crippen molar-refractivity contribution in [3.8, 4) is 11.3 Å². The number of nitrogens with zero attached hydrogens (tertiary/aromatic N) is 3. The van der Waals surface area contributed by atoms with Crippen molar-refractivity contribution in [1.29, 1.82) is 0 Å². The number of thiophene rings is 1. The summed E-state index contributed by atoms with van der Waals surface area (Å²) in [6.45, 7) is 3.07. The average molecular weight is 193 g/mol. The first-order chi connectivity index (χ1) is 6.40. The van der Waals surface area contributed by atoms with Crippen LogP contribution in [-0.2, 0) is 6.54 Å². The molecule has 0 saturated heterocycles. The van der Waals surface area contributed by atoms with E-state index in [0.29, 0.717) is 0 Å². The molecule has 0 amide bonds. The molecule has 2 rings (SSSR count). The van der Waals surface area contributed by atoms with Gasteiger partial charge in [-0.15, -0.1) is 5.10 Å². The van der Waals surface area contributed by atoms with Crippen molar-refractivity contribution in [2.75, 3.05) is 0 Å². The fourth-order valence-corrected chi connectivity index (χ4v) is 1.83. The van der Waals surface area contributed by atoms with Crippen LogP contribution in [0.2, 0.25) is 0 Å². The zero-order valence-corrected chi connectivity index (χ0v) is 8.29. The maximum atomic E-state index is 4.10. The molecule has 2 aromatic heterocycles. The molecule has 0 saturated carbocycles. The molecule has 0 aliphatic rings. The summed E-state index contributed by atoms with van der Waals surface area (Å²) in [6.07, 6.45) is 3.08. The normalized spacial score (nSPS) is 10.5. The van der Waals surface area contributed by atoms with E-state index in [4.69, 9.17) is 0 Å². The second kappa shape index (κ2) is 3.70. The Balaban J connectivity index is 2.23. The van der Waals surface area contributed by atoms with Gasteiger partial charge in [-0.3, -0.25) is 4.68 Å². The van der Waals surface area contributed by atoms with E-state index < -0.39 is 0 Å². The van der Waals surface area contributed by atoms with Crippen LogP contribution < -0.4 is 0 Å². The van der Waals surface area contributed by atoms with Crippen molar-refractivity contribution in [1.82, 2.24) is 15.0 Å². The molecule has 0 bridgehead atoms. The molecule has 68 valence electrons. The van der Waals surface area contributed by atoms with Gasteiger partial charge in [0.1, 0.15) is 5.69 Å². The Morgan fingerprint density at radius 2 is 2.46 bits per heavy atom. The molecule has 0 fully saturated rings. The third-order valence-electron chi connectivity index (χ3n) is 1.81. The van der Waals surface area contributed by atoms with Gasteiger partial charge in [0.2, 0.25) is 0 Å². The van der Waals surface area contributed by atoms with E-state index >= 15 is 0 Å². The summed E-state index contributed by atoms with van der Waals surface area (Å²) in [4.78, 5) is 0. The van der Waals surface area contributed by atoms with Gasteiger partial charge >= 0.3 is 0 Å². The molecule has 3 nitrogen and oxygen atoms in total. The van der Waals surface area contributed by atoms with Crippen LogP contribution in [0.25, 0.3) is 11.3 Å². The Hall–Kier alpha value is -1.16. The topological polar surface area (TPSA) is 30.7 Å². The third kappa shape index (κ3) is 1.78. The van der Waals surface area contributed by atoms with E-state index in [2.05, 4.69) is 28.7 Å². The van der Waals surface area contributed by atoms with Crippen molar-refractivity contribution in [3.63, 3.8) is 0 Å². The van der Waals surface area contributed by atoms with Crippen LogP contribution >= 0.6 is 11.3 Å². The average Bonchev–Trinajstić information content (AvgIpc) is 2.70. The number of hydrogen-bond acceptors (Lipinski definition) is 3. The van der Waals surface area contributed by atoms with Gasteiger partial charge in [-0.25, -0.2) is 0 Å². The molecule has 2 aromatic rings. The summed E-state index contributed by atoms with van der Waals surface area (Å²) in [5.41, 5.74) is 2.13. The molecular formula is C9H11N3S. The van der Waals surface area contributed by atoms with Gasteiger partial charge in [0.25, 0.3) is 0 Å². The van der Waals surface area contributed by atoms with E-state index in [9.17, 15) is 0 Å². The second-order valence-corrected chi connectivity index (χ2v) is 3.66. The van der Waals surface area contributed by atoms with Crippen LogP contribution in [0, 0.1) is 0 Å². The van der Waals surface area contributed by atoms with Gasteiger partial charge in [-0.1, -0.05) is 12.1 Å². The molecule has 0 spiro atoms. The summed E-state index contributed by atoms with van der Waals surface area (Å²) in [6, 6.07) is 2.06. The highest BCUT2D eigenvalue weighted by atomic mass is 32.1. The second-order valence-electron chi connectivity index (χ2n) is 2.88. The van der Waals surface area contributed by atoms with Crippen molar-refractivity contribution in [3.05, 3.63) is 23.0 Å². The van der Waals surface area contributed by atoms with E-state index in [1.807, 2.05) is 16.3 Å². The monoisotopic (exact) mass is 193 g/mol. The SMILES string of the molecule is CCCn1cc(-c2ccsc2)nn1. The lowest BCUT2D eigenvalue weighted by atomic mass is 10.3. The van der Waals surface area contributed by atoms with Crippen molar-refractivity contribution < 1.29 is 0 Å². The Kier molecular flexibility index (Phi) is 2.40. The van der Waals surface area contributed by atoms with Crippen LogP contribution in [0.1, 0.15) is 13.3 Å². The van der Waals surface area contributed by atoms with Gasteiger partial charge in [-0.2, -0.15) is 11.3 Å². The fraction of sp³-hybridized carbons (Fsp3) is 0.333. The van der Waals surface area contributed by atoms with E-state index in [1.165, 1.54) is 0 Å². The highest BCUT2D eigenvalue weighted by molar-refractivity contribution is 7.08. The molecule has 0 atom stereocenters. The molecule has 0 radical (unpaired) electrons. The smallest absolute Gasteiger partial charge is 0.113 e. The number of aryl methyl sites for hydroxylation is 1. The standard InChI is InChI=1S/C9H11N3S/c1-2-4-12-6-9(10-11-12)8-3-5-13-7-8/h3,5-7H,2,4H2,1H3. The third-order valence-corrected chi connectivity index (χ3v) is 2.49. The van der Waals surface area contributed by atoms with E-state index in [0.717, 1.165) is 24.2 Å². The summed E-state index contributed by atoms with van der Waals surface area (Å²) < 4.78 is 1.88. The van der Waals surface area contributed by atoms with Crippen LogP contribution in [-0.4, -0.2) is 15.0 Å². The number of rotatable bonds is 3. The van der Waals surface area contributed by atoms with Crippen molar-refractivity contribution >= 4 is 11.3 Å². The molecule has 0 unspecified atom stereocenters. The summed E-state index contributed by atoms with van der Waals surface area (Å²) in [5, 5.41) is 12.3. The fourth-order valence-electron chi connectivity index (χ4n) is 1.18. The Bertz CT molecular complexity index is 364. The van der Waals surface area contributed by atoms with E-state index in [1.54, 1.807) is 11.3 Å². The lowest BCUT2D eigenvalue weighted by Gasteiger charge is -1.92. The van der Waals surface area contributed by atoms with Gasteiger partial charge in [0, 0.05) is 17.5 Å². The lowest BCUT2D eigenvalue weighted by Crippen LogP contribution is -1.96. The predicted octanol–water partition coefficient (Wildman–Crippen LogP) is 2.42. The molecule has 0 N–H and O–H groups in total. The van der Waals surface area contributed by atoms with Crippen molar-refractivity contribution in [2.45, 2.75) is 19.9 Å². The Labute approximate surface area is 81.0 Å². The van der Waals surface area contributed by atoms with Gasteiger partial charge in [0.05, 0.1) is 6.20 Å². The first-order valence-corrected chi connectivity index (χ1v) is 5.27. The molecule has 4 heteroatoms. The summed E-state index contributed by atoms with van der Waals surface area (Å²) in [5.74, 6) is 0. The molecule has 0 aliphatic carbocycles. The zero-order chi connectivity index (χ0) is 9.10. The predicted molar refractivity (Wildman–Crippen MR) is 53.6 cm³/mol. The van der Waals surface area contributed by atoms with Crippen LogP contribution in [0.3, 0.4) is 0 Å². The maximum absolute atomic E-state index is 4.10. The first kappa shape index (κ1) is 8.44. The number of hydrogen-bond donors (Lipinski definition) is 0. The summed E-state index contributed by atoms with van der Waals surface area (Å²) >= 11 is 1.68. The molecule has 0 aromatic carbocycles.